The van der Waals surface area contributed by atoms with Gasteiger partial charge in [-0.15, -0.1) is 11.3 Å². The molecule has 37 heavy (non-hydrogen) atoms. The summed E-state index contributed by atoms with van der Waals surface area (Å²) in [5.74, 6) is -0.0860. The highest BCUT2D eigenvalue weighted by molar-refractivity contribution is 8.00. The lowest BCUT2D eigenvalue weighted by atomic mass is 10.0. The largest absolute Gasteiger partial charge is 0.446 e. The Morgan fingerprint density at radius 2 is 2.11 bits per heavy atom. The summed E-state index contributed by atoms with van der Waals surface area (Å²) in [6.45, 7) is 4.67. The number of alkyl halides is 4. The second-order valence-electron chi connectivity index (χ2n) is 9.47. The van der Waals surface area contributed by atoms with Gasteiger partial charge >= 0.3 is 5.51 Å². The van der Waals surface area contributed by atoms with Gasteiger partial charge in [0.1, 0.15) is 12.2 Å². The summed E-state index contributed by atoms with van der Waals surface area (Å²) in [6, 6.07) is 4.01. The van der Waals surface area contributed by atoms with Crippen LogP contribution in [0.3, 0.4) is 0 Å². The number of thiophene rings is 1. The van der Waals surface area contributed by atoms with Gasteiger partial charge in [-0.2, -0.15) is 18.2 Å². The molecule has 0 unspecified atom stereocenters. The Morgan fingerprint density at radius 1 is 1.32 bits per heavy atom. The Labute approximate surface area is 218 Å². The minimum atomic E-state index is -4.55. The molecule has 0 saturated carbocycles. The maximum Gasteiger partial charge on any atom is 0.446 e. The summed E-state index contributed by atoms with van der Waals surface area (Å²) in [5.41, 5.74) is -2.49. The molecule has 0 bridgehead atoms. The van der Waals surface area contributed by atoms with E-state index in [4.69, 9.17) is 4.52 Å². The van der Waals surface area contributed by atoms with Crippen LogP contribution < -0.4 is 10.6 Å². The zero-order chi connectivity index (χ0) is 26.5. The maximum absolute atomic E-state index is 14.7. The second-order valence-corrected chi connectivity index (χ2v) is 11.6. The number of nitrogens with one attached hydrogen (secondary N) is 2. The molecule has 5 rings (SSSR count). The number of benzene rings is 1. The number of hydrogen-bond acceptors (Lipinski definition) is 8. The number of carbonyl (C=O) groups is 1. The number of thioether (sulfide) groups is 1. The molecule has 1 aromatic carbocycles. The van der Waals surface area contributed by atoms with Crippen LogP contribution in [0.4, 0.5) is 23.2 Å². The minimum absolute atomic E-state index is 0.0106. The number of halogens is 4. The van der Waals surface area contributed by atoms with Crippen molar-refractivity contribution in [2.24, 2.45) is 0 Å². The van der Waals surface area contributed by atoms with Crippen molar-refractivity contribution in [2.75, 3.05) is 25.5 Å². The molecule has 7 nitrogen and oxygen atoms in total. The highest BCUT2D eigenvalue weighted by atomic mass is 32.2. The van der Waals surface area contributed by atoms with E-state index in [1.807, 2.05) is 25.8 Å². The zero-order valence-electron chi connectivity index (χ0n) is 20.3. The predicted molar refractivity (Wildman–Crippen MR) is 135 cm³/mol. The van der Waals surface area contributed by atoms with Gasteiger partial charge in [0, 0.05) is 35.4 Å². The standard InChI is InChI=1S/C24H25F4N5O2S2/c1-11(2)13-9-17(30-22(13)34)23-31-21(32-35-23)20-19(37-24(26,27)28)12-5-4-6-16(18(12)36-20)29-15-7-8-33(3)10-14(15)25/h4-6,14-15,17,29H,7-10H2,1-3H3,(H,30,34)/t14-,15+,17+/m0/s1. The highest BCUT2D eigenvalue weighted by Gasteiger charge is 2.36. The molecular weight excluding hydrogens is 530 g/mol. The molecule has 2 fully saturated rings. The Balaban J connectivity index is 1.52. The smallest absolute Gasteiger partial charge is 0.378 e. The normalized spacial score (nSPS) is 23.1. The van der Waals surface area contributed by atoms with E-state index in [2.05, 4.69) is 20.8 Å². The summed E-state index contributed by atoms with van der Waals surface area (Å²) >= 11 is 0.862. The van der Waals surface area contributed by atoms with Crippen molar-refractivity contribution >= 4 is 44.8 Å². The molecule has 1 amide bonds. The first-order chi connectivity index (χ1) is 17.5. The average Bonchev–Trinajstić information content (AvgIpc) is 3.52. The molecule has 3 atom stereocenters. The quantitative estimate of drug-likeness (QED) is 0.230. The van der Waals surface area contributed by atoms with Crippen molar-refractivity contribution in [3.05, 3.63) is 35.2 Å². The van der Waals surface area contributed by atoms with Crippen molar-refractivity contribution in [1.29, 1.82) is 0 Å². The van der Waals surface area contributed by atoms with Gasteiger partial charge in [0.25, 0.3) is 0 Å². The summed E-state index contributed by atoms with van der Waals surface area (Å²) < 4.78 is 61.4. The lowest BCUT2D eigenvalue weighted by Gasteiger charge is -2.33. The number of rotatable bonds is 5. The summed E-state index contributed by atoms with van der Waals surface area (Å²) in [4.78, 5) is 18.7. The van der Waals surface area contributed by atoms with Crippen molar-refractivity contribution in [3.8, 4) is 10.7 Å². The number of carbonyl (C=O) groups excluding carboxylic acids is 1. The van der Waals surface area contributed by atoms with E-state index in [0.717, 1.165) is 23.5 Å². The predicted octanol–water partition coefficient (Wildman–Crippen LogP) is 5.91. The Morgan fingerprint density at radius 3 is 2.78 bits per heavy atom. The van der Waals surface area contributed by atoms with Gasteiger partial charge in [-0.1, -0.05) is 22.9 Å². The van der Waals surface area contributed by atoms with Gasteiger partial charge in [0.2, 0.25) is 17.6 Å². The van der Waals surface area contributed by atoms with Crippen molar-refractivity contribution < 1.29 is 26.9 Å². The molecule has 198 valence electrons. The number of aromatic nitrogens is 2. The van der Waals surface area contributed by atoms with Crippen LogP contribution in [0.2, 0.25) is 0 Å². The number of likely N-dealkylation sites (tertiary alicyclic amines) is 1. The molecule has 2 saturated heterocycles. The Bertz CT molecular complexity index is 1360. The molecule has 4 heterocycles. The van der Waals surface area contributed by atoms with Crippen molar-refractivity contribution in [3.63, 3.8) is 0 Å². The van der Waals surface area contributed by atoms with E-state index >= 15 is 0 Å². The van der Waals surface area contributed by atoms with Crippen LogP contribution in [0.1, 0.15) is 38.6 Å². The van der Waals surface area contributed by atoms with Crippen molar-refractivity contribution in [1.82, 2.24) is 20.4 Å². The zero-order valence-corrected chi connectivity index (χ0v) is 21.9. The van der Waals surface area contributed by atoms with Gasteiger partial charge in [0.05, 0.1) is 21.3 Å². The second kappa shape index (κ2) is 9.91. The van der Waals surface area contributed by atoms with Crippen LogP contribution in [0.5, 0.6) is 0 Å². The third-order valence-electron chi connectivity index (χ3n) is 6.51. The van der Waals surface area contributed by atoms with E-state index in [9.17, 15) is 22.4 Å². The molecular formula is C24H25F4N5O2S2. The molecule has 3 aromatic rings. The highest BCUT2D eigenvalue weighted by Crippen LogP contribution is 2.51. The molecule has 0 spiro atoms. The van der Waals surface area contributed by atoms with Crippen LogP contribution in [-0.4, -0.2) is 58.8 Å². The Hall–Kier alpha value is -2.64. The van der Waals surface area contributed by atoms with E-state index in [1.165, 1.54) is 0 Å². The molecule has 13 heteroatoms. The lowest BCUT2D eigenvalue weighted by molar-refractivity contribution is -0.116. The fourth-order valence-corrected chi connectivity index (χ4v) is 6.74. The third-order valence-corrected chi connectivity index (χ3v) is 8.73. The van der Waals surface area contributed by atoms with Gasteiger partial charge in [0.15, 0.2) is 0 Å². The number of amides is 1. The Kier molecular flexibility index (Phi) is 6.96. The van der Waals surface area contributed by atoms with Crippen LogP contribution in [0, 0.1) is 0 Å². The number of fused-ring (bicyclic) bond motifs is 1. The average molecular weight is 556 g/mol. The van der Waals surface area contributed by atoms with Crippen LogP contribution in [0.25, 0.3) is 20.8 Å². The van der Waals surface area contributed by atoms with E-state index < -0.39 is 23.8 Å². The fraction of sp³-hybridized carbons (Fsp3) is 0.458. The molecule has 2 aliphatic heterocycles. The number of anilines is 1. The topological polar surface area (TPSA) is 83.3 Å². The van der Waals surface area contributed by atoms with E-state index in [0.29, 0.717) is 34.2 Å². The first kappa shape index (κ1) is 26.0. The van der Waals surface area contributed by atoms with Gasteiger partial charge in [-0.05, 0) is 45.1 Å². The van der Waals surface area contributed by atoms with Gasteiger partial charge in [-0.25, -0.2) is 4.39 Å². The molecule has 2 aromatic heterocycles. The van der Waals surface area contributed by atoms with Crippen LogP contribution in [0.15, 0.2) is 38.8 Å². The maximum atomic E-state index is 14.7. The van der Waals surface area contributed by atoms with Crippen molar-refractivity contribution in [2.45, 2.75) is 55.3 Å². The first-order valence-corrected chi connectivity index (χ1v) is 13.3. The molecule has 0 aliphatic carbocycles. The van der Waals surface area contributed by atoms with E-state index in [1.54, 1.807) is 18.2 Å². The number of piperidine rings is 1. The molecule has 0 radical (unpaired) electrons. The number of hydrogen-bond donors (Lipinski definition) is 2. The summed E-state index contributed by atoms with van der Waals surface area (Å²) in [7, 11) is 1.85. The fourth-order valence-electron chi connectivity index (χ4n) is 4.64. The summed E-state index contributed by atoms with van der Waals surface area (Å²) in [5, 5.41) is 10.4. The third kappa shape index (κ3) is 5.34. The first-order valence-electron chi connectivity index (χ1n) is 11.7. The lowest BCUT2D eigenvalue weighted by Crippen LogP contribution is -2.46. The van der Waals surface area contributed by atoms with Crippen LogP contribution in [-0.2, 0) is 4.79 Å². The number of allylic oxidation sites excluding steroid dienone is 1. The number of nitrogens with zero attached hydrogens (tertiary/aromatic N) is 3. The van der Waals surface area contributed by atoms with Gasteiger partial charge < -0.3 is 20.1 Å². The minimum Gasteiger partial charge on any atom is -0.378 e. The SMILES string of the molecule is CC(C)=C1C[C@H](c2nc(-c3sc4c(N[C@@H]5CCN(C)C[C@@H]5F)cccc4c3SC(F)(F)F)no2)NC1=O. The monoisotopic (exact) mass is 555 g/mol. The molecule has 2 aliphatic rings. The van der Waals surface area contributed by atoms with Gasteiger partial charge in [-0.3, -0.25) is 4.79 Å². The van der Waals surface area contributed by atoms with E-state index in [-0.39, 0.29) is 45.7 Å². The van der Waals surface area contributed by atoms with Crippen LogP contribution >= 0.6 is 23.1 Å². The molecule has 2 N–H and O–H groups in total. The summed E-state index contributed by atoms with van der Waals surface area (Å²) in [6.07, 6.45) is -0.177.